The van der Waals surface area contributed by atoms with Crippen molar-refractivity contribution in [3.05, 3.63) is 15.6 Å². The minimum Gasteiger partial charge on any atom is -0.458 e. The normalized spacial score (nSPS) is 30.2. The van der Waals surface area contributed by atoms with Gasteiger partial charge in [0.25, 0.3) is 0 Å². The molecule has 186 valence electrons. The molecule has 1 N–H and O–H groups in total. The van der Waals surface area contributed by atoms with Crippen LogP contribution in [0.2, 0.25) is 0 Å². The number of rotatable bonds is 6. The van der Waals surface area contributed by atoms with Gasteiger partial charge in [0, 0.05) is 29.8 Å². The fourth-order valence-corrected chi connectivity index (χ4v) is 7.29. The van der Waals surface area contributed by atoms with Crippen LogP contribution in [-0.4, -0.2) is 46.1 Å². The number of hydrogen-bond acceptors (Lipinski definition) is 6. The van der Waals surface area contributed by atoms with Crippen molar-refractivity contribution in [3.8, 4) is 0 Å². The molecule has 1 aromatic rings. The second-order valence-electron chi connectivity index (χ2n) is 11.4. The van der Waals surface area contributed by atoms with Crippen LogP contribution >= 0.6 is 11.3 Å². The maximum atomic E-state index is 13.0. The fraction of sp³-hybridized carbons (Fsp3) is 0.808. The van der Waals surface area contributed by atoms with Gasteiger partial charge in [-0.05, 0) is 71.1 Å². The van der Waals surface area contributed by atoms with Crippen molar-refractivity contribution in [1.29, 1.82) is 0 Å². The van der Waals surface area contributed by atoms with E-state index in [1.54, 1.807) is 11.3 Å². The minimum atomic E-state index is -0.537. The number of fused-ring (bicyclic) bond motifs is 2. The van der Waals surface area contributed by atoms with Crippen LogP contribution in [-0.2, 0) is 27.4 Å². The summed E-state index contributed by atoms with van der Waals surface area (Å²) in [6, 6.07) is 0. The van der Waals surface area contributed by atoms with Crippen LogP contribution in [0.3, 0.4) is 0 Å². The topological polar surface area (TPSA) is 79.7 Å². The standard InChI is InChI=1S/C26H42N2O4S/c1-9-28(10-2)23(30)15(3)17-11-12-26(8)13-18-21(16(4)20(26)22(17)29)27-19(33-18)14-32-24(31)25(5,6)7/h15-17,20,22,29H,9-14H2,1-8H3/t15-,16-,17-,20+,22-,26-/m0/s1. The molecule has 1 saturated carbocycles. The Hall–Kier alpha value is -1.47. The molecule has 6 atom stereocenters. The maximum Gasteiger partial charge on any atom is 0.311 e. The van der Waals surface area contributed by atoms with Gasteiger partial charge in [-0.2, -0.15) is 0 Å². The Labute approximate surface area is 203 Å². The van der Waals surface area contributed by atoms with Crippen LogP contribution in [0.15, 0.2) is 0 Å². The van der Waals surface area contributed by atoms with E-state index in [9.17, 15) is 14.7 Å². The highest BCUT2D eigenvalue weighted by Crippen LogP contribution is 2.57. The number of hydrogen-bond donors (Lipinski definition) is 1. The molecule has 6 nitrogen and oxygen atoms in total. The zero-order chi connectivity index (χ0) is 24.7. The lowest BCUT2D eigenvalue weighted by molar-refractivity contribution is -0.154. The molecule has 1 fully saturated rings. The van der Waals surface area contributed by atoms with E-state index in [0.717, 1.165) is 30.0 Å². The number of aliphatic hydroxyl groups is 1. The molecular formula is C26H42N2O4S. The van der Waals surface area contributed by atoms with E-state index >= 15 is 0 Å². The lowest BCUT2D eigenvalue weighted by Gasteiger charge is -2.53. The number of amides is 1. The van der Waals surface area contributed by atoms with Gasteiger partial charge in [0.05, 0.1) is 17.2 Å². The molecule has 7 heteroatoms. The Morgan fingerprint density at radius 2 is 1.94 bits per heavy atom. The summed E-state index contributed by atoms with van der Waals surface area (Å²) in [7, 11) is 0. The summed E-state index contributed by atoms with van der Waals surface area (Å²) in [4.78, 5) is 33.2. The molecule has 0 unspecified atom stereocenters. The van der Waals surface area contributed by atoms with Crippen molar-refractivity contribution in [2.75, 3.05) is 13.1 Å². The van der Waals surface area contributed by atoms with Gasteiger partial charge >= 0.3 is 5.97 Å². The molecule has 1 amide bonds. The largest absolute Gasteiger partial charge is 0.458 e. The second-order valence-corrected chi connectivity index (χ2v) is 12.5. The number of esters is 1. The molecule has 1 aromatic heterocycles. The van der Waals surface area contributed by atoms with E-state index in [0.29, 0.717) is 13.1 Å². The smallest absolute Gasteiger partial charge is 0.311 e. The molecule has 0 spiro atoms. The summed E-state index contributed by atoms with van der Waals surface area (Å²) in [6.07, 6.45) is 2.19. The minimum absolute atomic E-state index is 0.0216. The second kappa shape index (κ2) is 9.65. The average Bonchev–Trinajstić information content (AvgIpc) is 3.14. The van der Waals surface area contributed by atoms with Crippen LogP contribution < -0.4 is 0 Å². The van der Waals surface area contributed by atoms with Crippen molar-refractivity contribution < 1.29 is 19.4 Å². The monoisotopic (exact) mass is 478 g/mol. The predicted octanol–water partition coefficient (Wildman–Crippen LogP) is 4.79. The first kappa shape index (κ1) is 26.1. The van der Waals surface area contributed by atoms with Crippen LogP contribution in [0.5, 0.6) is 0 Å². The van der Waals surface area contributed by atoms with Crippen LogP contribution in [0.25, 0.3) is 0 Å². The molecule has 2 aliphatic carbocycles. The Balaban J connectivity index is 1.80. The first-order chi connectivity index (χ1) is 15.3. The average molecular weight is 479 g/mol. The maximum absolute atomic E-state index is 13.0. The van der Waals surface area contributed by atoms with Crippen LogP contribution in [0.4, 0.5) is 0 Å². The van der Waals surface area contributed by atoms with Crippen molar-refractivity contribution >= 4 is 23.2 Å². The summed E-state index contributed by atoms with van der Waals surface area (Å²) in [5, 5.41) is 12.4. The number of ether oxygens (including phenoxy) is 1. The van der Waals surface area contributed by atoms with Gasteiger partial charge in [-0.25, -0.2) is 4.98 Å². The highest BCUT2D eigenvalue weighted by atomic mass is 32.1. The first-order valence-corrected chi connectivity index (χ1v) is 13.3. The molecule has 0 bridgehead atoms. The molecule has 0 aromatic carbocycles. The molecule has 0 aliphatic heterocycles. The lowest BCUT2D eigenvalue weighted by atomic mass is 9.53. The summed E-state index contributed by atoms with van der Waals surface area (Å²) in [5.74, 6) is -0.159. The quantitative estimate of drug-likeness (QED) is 0.595. The molecule has 33 heavy (non-hydrogen) atoms. The fourth-order valence-electron chi connectivity index (χ4n) is 6.01. The number of nitrogens with zero attached hydrogens (tertiary/aromatic N) is 2. The molecule has 1 heterocycles. The van der Waals surface area contributed by atoms with E-state index in [4.69, 9.17) is 9.72 Å². The number of aromatic nitrogens is 1. The molecule has 2 aliphatic rings. The van der Waals surface area contributed by atoms with Crippen molar-refractivity contribution in [2.45, 2.75) is 93.3 Å². The third-order valence-corrected chi connectivity index (χ3v) is 9.06. The van der Waals surface area contributed by atoms with E-state index in [1.165, 1.54) is 4.88 Å². The Morgan fingerprint density at radius 1 is 1.30 bits per heavy atom. The molecule has 0 saturated heterocycles. The molecular weight excluding hydrogens is 436 g/mol. The Morgan fingerprint density at radius 3 is 2.52 bits per heavy atom. The zero-order valence-electron chi connectivity index (χ0n) is 21.6. The third-order valence-electron chi connectivity index (χ3n) is 8.01. The molecule has 3 rings (SSSR count). The van der Waals surface area contributed by atoms with Crippen LogP contribution in [0, 0.1) is 28.6 Å². The highest BCUT2D eigenvalue weighted by Gasteiger charge is 2.54. The summed E-state index contributed by atoms with van der Waals surface area (Å²) < 4.78 is 5.51. The Bertz CT molecular complexity index is 872. The third kappa shape index (κ3) is 5.00. The van der Waals surface area contributed by atoms with Crippen molar-refractivity contribution in [3.63, 3.8) is 0 Å². The number of carbonyl (C=O) groups excluding carboxylic acids is 2. The van der Waals surface area contributed by atoms with Crippen molar-refractivity contribution in [1.82, 2.24) is 9.88 Å². The van der Waals surface area contributed by atoms with E-state index < -0.39 is 11.5 Å². The zero-order valence-corrected chi connectivity index (χ0v) is 22.4. The van der Waals surface area contributed by atoms with Crippen molar-refractivity contribution in [2.24, 2.45) is 28.6 Å². The Kier molecular flexibility index (Phi) is 7.64. The van der Waals surface area contributed by atoms with Gasteiger partial charge in [0.2, 0.25) is 5.91 Å². The van der Waals surface area contributed by atoms with Gasteiger partial charge in [-0.1, -0.05) is 20.8 Å². The van der Waals surface area contributed by atoms with Gasteiger partial charge < -0.3 is 14.7 Å². The van der Waals surface area contributed by atoms with Gasteiger partial charge in [-0.15, -0.1) is 11.3 Å². The number of aliphatic hydroxyl groups excluding tert-OH is 1. The predicted molar refractivity (Wildman–Crippen MR) is 131 cm³/mol. The number of carbonyl (C=O) groups is 2. The van der Waals surface area contributed by atoms with Gasteiger partial charge in [0.15, 0.2) is 0 Å². The van der Waals surface area contributed by atoms with E-state index in [-0.39, 0.29) is 47.6 Å². The number of thiazole rings is 1. The summed E-state index contributed by atoms with van der Waals surface area (Å²) in [5.41, 5.74) is 0.476. The van der Waals surface area contributed by atoms with E-state index in [2.05, 4.69) is 13.8 Å². The summed E-state index contributed by atoms with van der Waals surface area (Å²) in [6.45, 7) is 17.6. The van der Waals surface area contributed by atoms with Gasteiger partial charge in [-0.3, -0.25) is 9.59 Å². The van der Waals surface area contributed by atoms with Gasteiger partial charge in [0.1, 0.15) is 11.6 Å². The summed E-state index contributed by atoms with van der Waals surface area (Å²) >= 11 is 1.64. The van der Waals surface area contributed by atoms with E-state index in [1.807, 2.05) is 46.4 Å². The molecule has 0 radical (unpaired) electrons. The lowest BCUT2D eigenvalue weighted by Crippen LogP contribution is -2.53. The SMILES string of the molecule is CCN(CC)C(=O)[C@@H](C)[C@@H]1CC[C@@]2(C)Cc3sc(COC(=O)C(C)(C)C)nc3[C@@H](C)[C@@H]2[C@H]1O. The van der Waals surface area contributed by atoms with Crippen LogP contribution in [0.1, 0.15) is 89.7 Å². The first-order valence-electron chi connectivity index (χ1n) is 12.5. The highest BCUT2D eigenvalue weighted by molar-refractivity contribution is 7.11.